The van der Waals surface area contributed by atoms with E-state index >= 15 is 0 Å². The third kappa shape index (κ3) is 2.83. The van der Waals surface area contributed by atoms with Crippen molar-refractivity contribution in [3.8, 4) is 0 Å². The van der Waals surface area contributed by atoms with Crippen LogP contribution in [0.15, 0.2) is 41.2 Å². The second-order valence-corrected chi connectivity index (χ2v) is 7.66. The molecule has 1 atom stereocenters. The van der Waals surface area contributed by atoms with E-state index in [9.17, 15) is 9.59 Å². The average molecular weight is 360 g/mol. The summed E-state index contributed by atoms with van der Waals surface area (Å²) in [7, 11) is 0. The van der Waals surface area contributed by atoms with Crippen molar-refractivity contribution in [2.45, 2.75) is 18.5 Å². The molecule has 4 N–H and O–H groups in total. The number of carbonyl (C=O) groups is 2. The van der Waals surface area contributed by atoms with Gasteiger partial charge in [-0.1, -0.05) is 6.07 Å². The summed E-state index contributed by atoms with van der Waals surface area (Å²) >= 11 is 2.71. The van der Waals surface area contributed by atoms with Crippen molar-refractivity contribution in [2.75, 3.05) is 5.32 Å². The Kier molecular flexibility index (Phi) is 3.87. The SMILES string of the molecule is O=C(Nc1sccc1C(=O)NC1(C2CC2)C=CNN1)c1cccs1. The number of anilines is 1. The maximum Gasteiger partial charge on any atom is 0.266 e. The summed E-state index contributed by atoms with van der Waals surface area (Å²) in [6.07, 6.45) is 5.89. The highest BCUT2D eigenvalue weighted by atomic mass is 32.1. The van der Waals surface area contributed by atoms with Crippen LogP contribution in [-0.2, 0) is 0 Å². The van der Waals surface area contributed by atoms with Gasteiger partial charge in [-0.05, 0) is 41.8 Å². The molecule has 1 aliphatic heterocycles. The van der Waals surface area contributed by atoms with Crippen molar-refractivity contribution in [1.82, 2.24) is 16.2 Å². The molecule has 8 heteroatoms. The molecule has 24 heavy (non-hydrogen) atoms. The van der Waals surface area contributed by atoms with Gasteiger partial charge in [0, 0.05) is 12.1 Å². The molecule has 1 saturated carbocycles. The molecule has 0 bridgehead atoms. The highest BCUT2D eigenvalue weighted by Gasteiger charge is 2.46. The Morgan fingerprint density at radius 3 is 2.71 bits per heavy atom. The molecule has 1 unspecified atom stereocenters. The normalized spacial score (nSPS) is 22.2. The van der Waals surface area contributed by atoms with Crippen molar-refractivity contribution in [2.24, 2.45) is 5.92 Å². The van der Waals surface area contributed by atoms with Crippen LogP contribution < -0.4 is 21.5 Å². The molecule has 2 aromatic heterocycles. The number of nitrogens with one attached hydrogen (secondary N) is 4. The Morgan fingerprint density at radius 1 is 1.17 bits per heavy atom. The predicted molar refractivity (Wildman–Crippen MR) is 94.9 cm³/mol. The minimum Gasteiger partial charge on any atom is -0.329 e. The lowest BCUT2D eigenvalue weighted by Crippen LogP contribution is -2.59. The van der Waals surface area contributed by atoms with Gasteiger partial charge in [0.1, 0.15) is 10.7 Å². The molecule has 124 valence electrons. The number of hydrogen-bond acceptors (Lipinski definition) is 6. The first-order valence-electron chi connectivity index (χ1n) is 7.63. The summed E-state index contributed by atoms with van der Waals surface area (Å²) < 4.78 is 0. The third-order valence-corrected chi connectivity index (χ3v) is 5.83. The Balaban J connectivity index is 1.50. The molecule has 2 aromatic rings. The largest absolute Gasteiger partial charge is 0.329 e. The second kappa shape index (κ2) is 6.04. The molecule has 0 saturated heterocycles. The van der Waals surface area contributed by atoms with Crippen LogP contribution in [0.5, 0.6) is 0 Å². The minimum atomic E-state index is -0.548. The molecule has 3 heterocycles. The smallest absolute Gasteiger partial charge is 0.266 e. The molecule has 4 rings (SSSR count). The summed E-state index contributed by atoms with van der Waals surface area (Å²) in [6, 6.07) is 5.32. The number of hydrogen-bond donors (Lipinski definition) is 4. The molecular weight excluding hydrogens is 344 g/mol. The summed E-state index contributed by atoms with van der Waals surface area (Å²) in [6.45, 7) is 0. The van der Waals surface area contributed by atoms with Gasteiger partial charge in [0.2, 0.25) is 0 Å². The first-order chi connectivity index (χ1) is 11.7. The number of thiophene rings is 2. The Morgan fingerprint density at radius 2 is 2.04 bits per heavy atom. The second-order valence-electron chi connectivity index (χ2n) is 5.79. The van der Waals surface area contributed by atoms with Gasteiger partial charge in [-0.15, -0.1) is 22.7 Å². The van der Waals surface area contributed by atoms with E-state index in [1.165, 1.54) is 22.7 Å². The van der Waals surface area contributed by atoms with E-state index in [4.69, 9.17) is 0 Å². The van der Waals surface area contributed by atoms with Crippen LogP contribution in [0.1, 0.15) is 32.9 Å². The summed E-state index contributed by atoms with van der Waals surface area (Å²) in [5.41, 5.74) is 6.00. The van der Waals surface area contributed by atoms with Crippen LogP contribution in [-0.4, -0.2) is 17.5 Å². The van der Waals surface area contributed by atoms with Gasteiger partial charge in [0.15, 0.2) is 0 Å². The van der Waals surface area contributed by atoms with E-state index in [1.807, 2.05) is 17.5 Å². The molecule has 2 aliphatic rings. The summed E-state index contributed by atoms with van der Waals surface area (Å²) in [5, 5.41) is 10.1. The van der Waals surface area contributed by atoms with Crippen molar-refractivity contribution in [3.05, 3.63) is 51.7 Å². The van der Waals surface area contributed by atoms with Crippen LogP contribution >= 0.6 is 22.7 Å². The molecule has 1 fully saturated rings. The molecule has 2 amide bonds. The van der Waals surface area contributed by atoms with Gasteiger partial charge < -0.3 is 16.1 Å². The minimum absolute atomic E-state index is 0.195. The van der Waals surface area contributed by atoms with Gasteiger partial charge in [-0.2, -0.15) is 0 Å². The Bertz CT molecular complexity index is 795. The number of amides is 2. The third-order valence-electron chi connectivity index (χ3n) is 4.13. The number of hydrazine groups is 1. The Hall–Kier alpha value is -2.16. The van der Waals surface area contributed by atoms with Gasteiger partial charge in [-0.25, -0.2) is 5.43 Å². The standard InChI is InChI=1S/C16H16N4O2S2/c21-13(19-16(10-3-4-10)6-7-17-20-16)11-5-9-24-15(11)18-14(22)12-2-1-8-23-12/h1-2,5-10,17,20H,3-4H2,(H,18,22)(H,19,21). The van der Waals surface area contributed by atoms with E-state index in [-0.39, 0.29) is 11.8 Å². The molecular formula is C16H16N4O2S2. The highest BCUT2D eigenvalue weighted by molar-refractivity contribution is 7.15. The van der Waals surface area contributed by atoms with Crippen molar-refractivity contribution in [1.29, 1.82) is 0 Å². The first kappa shape index (κ1) is 15.4. The van der Waals surface area contributed by atoms with Crippen LogP contribution in [0.3, 0.4) is 0 Å². The van der Waals surface area contributed by atoms with E-state index in [2.05, 4.69) is 21.5 Å². The maximum atomic E-state index is 12.7. The van der Waals surface area contributed by atoms with E-state index < -0.39 is 5.66 Å². The highest BCUT2D eigenvalue weighted by Crippen LogP contribution is 2.40. The van der Waals surface area contributed by atoms with Crippen LogP contribution in [0.4, 0.5) is 5.00 Å². The van der Waals surface area contributed by atoms with E-state index in [0.29, 0.717) is 21.4 Å². The quantitative estimate of drug-likeness (QED) is 0.660. The van der Waals surface area contributed by atoms with Gasteiger partial charge in [-0.3, -0.25) is 9.59 Å². The fraction of sp³-hybridized carbons (Fsp3) is 0.250. The molecule has 1 aliphatic carbocycles. The maximum absolute atomic E-state index is 12.7. The monoisotopic (exact) mass is 360 g/mol. The van der Waals surface area contributed by atoms with Crippen molar-refractivity contribution < 1.29 is 9.59 Å². The zero-order chi connectivity index (χ0) is 16.6. The van der Waals surface area contributed by atoms with Crippen LogP contribution in [0, 0.1) is 5.92 Å². The van der Waals surface area contributed by atoms with Crippen molar-refractivity contribution in [3.63, 3.8) is 0 Å². The fourth-order valence-electron chi connectivity index (χ4n) is 2.74. The van der Waals surface area contributed by atoms with Gasteiger partial charge in [0.25, 0.3) is 11.8 Å². The molecule has 0 spiro atoms. The zero-order valence-electron chi connectivity index (χ0n) is 12.7. The predicted octanol–water partition coefficient (Wildman–Crippen LogP) is 2.52. The van der Waals surface area contributed by atoms with E-state index in [1.54, 1.807) is 23.7 Å². The molecule has 0 aromatic carbocycles. The topological polar surface area (TPSA) is 82.3 Å². The van der Waals surface area contributed by atoms with Crippen molar-refractivity contribution >= 4 is 39.5 Å². The fourth-order valence-corrected chi connectivity index (χ4v) is 4.14. The lowest BCUT2D eigenvalue weighted by Gasteiger charge is -2.29. The van der Waals surface area contributed by atoms with Gasteiger partial charge >= 0.3 is 0 Å². The van der Waals surface area contributed by atoms with Crippen LogP contribution in [0.25, 0.3) is 0 Å². The van der Waals surface area contributed by atoms with Crippen LogP contribution in [0.2, 0.25) is 0 Å². The summed E-state index contributed by atoms with van der Waals surface area (Å²) in [4.78, 5) is 25.6. The number of carbonyl (C=O) groups excluding carboxylic acids is 2. The zero-order valence-corrected chi connectivity index (χ0v) is 14.3. The molecule has 6 nitrogen and oxygen atoms in total. The first-order valence-corrected chi connectivity index (χ1v) is 9.39. The van der Waals surface area contributed by atoms with E-state index in [0.717, 1.165) is 12.8 Å². The lowest BCUT2D eigenvalue weighted by molar-refractivity contribution is 0.0891. The molecule has 0 radical (unpaired) electrons. The van der Waals surface area contributed by atoms with Gasteiger partial charge in [0.05, 0.1) is 10.4 Å². The lowest BCUT2D eigenvalue weighted by atomic mass is 10.1. The summed E-state index contributed by atoms with van der Waals surface area (Å²) in [5.74, 6) is -0.0139. The average Bonchev–Trinajstić information content (AvgIpc) is 2.99. The Labute approximate surface area is 146 Å². The number of rotatable bonds is 5.